The molecule has 3 fully saturated rings. The molecular formula is C33H57N3O25. The van der Waals surface area contributed by atoms with Crippen LogP contribution in [0.5, 0.6) is 0 Å². The Hall–Kier alpha value is -2.92. The van der Waals surface area contributed by atoms with Crippen molar-refractivity contribution in [3.8, 4) is 0 Å². The van der Waals surface area contributed by atoms with E-state index in [9.17, 15) is 95.8 Å². The summed E-state index contributed by atoms with van der Waals surface area (Å²) in [6, 6.07) is -5.15. The lowest BCUT2D eigenvalue weighted by atomic mass is 9.88. The van der Waals surface area contributed by atoms with E-state index >= 15 is 0 Å². The molecule has 0 aromatic rings. The van der Waals surface area contributed by atoms with E-state index in [-0.39, 0.29) is 0 Å². The normalized spacial score (nSPS) is 37.3. The molecule has 28 nitrogen and oxygen atoms in total. The number of rotatable bonds is 21. The molecule has 354 valence electrons. The van der Waals surface area contributed by atoms with Crippen molar-refractivity contribution < 1.29 is 124 Å². The number of aliphatic hydroxyl groups is 14. The van der Waals surface area contributed by atoms with E-state index in [2.05, 4.69) is 16.0 Å². The average Bonchev–Trinajstić information content (AvgIpc) is 3.22. The monoisotopic (exact) mass is 895 g/mol. The maximum absolute atomic E-state index is 12.9. The van der Waals surface area contributed by atoms with Gasteiger partial charge in [-0.15, -0.1) is 0 Å². The Morgan fingerprint density at radius 2 is 1.31 bits per heavy atom. The molecular weight excluding hydrogens is 838 g/mol. The topological polar surface area (TPSA) is 463 Å². The number of aliphatic carboxylic acids is 1. The highest BCUT2D eigenvalue weighted by atomic mass is 16.8. The summed E-state index contributed by atoms with van der Waals surface area (Å²) in [4.78, 5) is 49.4. The largest absolute Gasteiger partial charge is 0.477 e. The highest BCUT2D eigenvalue weighted by Crippen LogP contribution is 2.38. The van der Waals surface area contributed by atoms with Crippen LogP contribution in [0.1, 0.15) is 20.3 Å². The van der Waals surface area contributed by atoms with E-state index in [0.29, 0.717) is 0 Å². The third-order valence-electron chi connectivity index (χ3n) is 10.1. The number of aliphatic hydroxyl groups excluding tert-OH is 14. The van der Waals surface area contributed by atoms with E-state index in [1.54, 1.807) is 0 Å². The van der Waals surface area contributed by atoms with Gasteiger partial charge in [-0.25, -0.2) is 4.79 Å². The first-order chi connectivity index (χ1) is 28.6. The maximum atomic E-state index is 12.9. The lowest BCUT2D eigenvalue weighted by molar-refractivity contribution is -0.382. The number of carbonyl (C=O) groups is 4. The van der Waals surface area contributed by atoms with Gasteiger partial charge in [0.25, 0.3) is 5.79 Å². The summed E-state index contributed by atoms with van der Waals surface area (Å²) in [5.74, 6) is -8.14. The number of hydrogen-bond donors (Lipinski definition) is 18. The molecule has 3 saturated heterocycles. The van der Waals surface area contributed by atoms with Crippen LogP contribution >= 0.6 is 0 Å². The van der Waals surface area contributed by atoms with Crippen LogP contribution in [0.15, 0.2) is 0 Å². The molecule has 0 aromatic heterocycles. The lowest BCUT2D eigenvalue weighted by Crippen LogP contribution is -2.71. The van der Waals surface area contributed by atoms with Gasteiger partial charge in [-0.2, -0.15) is 0 Å². The first kappa shape index (κ1) is 52.4. The van der Waals surface area contributed by atoms with Crippen molar-refractivity contribution >= 4 is 23.7 Å². The Balaban J connectivity index is 2.08. The maximum Gasteiger partial charge on any atom is 0.364 e. The molecule has 0 spiro atoms. The van der Waals surface area contributed by atoms with Crippen LogP contribution in [-0.4, -0.2) is 262 Å². The van der Waals surface area contributed by atoms with Gasteiger partial charge < -0.3 is 121 Å². The van der Waals surface area contributed by atoms with Crippen molar-refractivity contribution in [2.45, 2.75) is 142 Å². The van der Waals surface area contributed by atoms with E-state index in [4.69, 9.17) is 28.4 Å². The predicted molar refractivity (Wildman–Crippen MR) is 190 cm³/mol. The minimum atomic E-state index is -3.22. The molecule has 0 bridgehead atoms. The Morgan fingerprint density at radius 1 is 0.738 bits per heavy atom. The molecule has 18 N–H and O–H groups in total. The fourth-order valence-electron chi connectivity index (χ4n) is 7.05. The van der Waals surface area contributed by atoms with Gasteiger partial charge in [-0.3, -0.25) is 14.4 Å². The molecule has 0 aromatic carbocycles. The summed E-state index contributed by atoms with van der Waals surface area (Å²) in [6.45, 7) is -4.51. The van der Waals surface area contributed by atoms with E-state index in [0.717, 1.165) is 13.8 Å². The van der Waals surface area contributed by atoms with Crippen LogP contribution < -0.4 is 16.0 Å². The highest BCUT2D eigenvalue weighted by Gasteiger charge is 2.60. The van der Waals surface area contributed by atoms with Crippen LogP contribution in [0.3, 0.4) is 0 Å². The van der Waals surface area contributed by atoms with Gasteiger partial charge in [0.15, 0.2) is 12.6 Å². The van der Waals surface area contributed by atoms with Crippen LogP contribution in [0, 0.1) is 0 Å². The predicted octanol–water partition coefficient (Wildman–Crippen LogP) is -11.5. The van der Waals surface area contributed by atoms with Crippen molar-refractivity contribution in [2.75, 3.05) is 39.6 Å². The van der Waals surface area contributed by atoms with Gasteiger partial charge in [0.2, 0.25) is 17.7 Å². The molecule has 28 heteroatoms. The molecule has 0 radical (unpaired) electrons. The van der Waals surface area contributed by atoms with Crippen molar-refractivity contribution in [1.29, 1.82) is 0 Å². The highest BCUT2D eigenvalue weighted by molar-refractivity contribution is 5.78. The second-order valence-electron chi connectivity index (χ2n) is 14.6. The van der Waals surface area contributed by atoms with Crippen molar-refractivity contribution in [3.63, 3.8) is 0 Å². The fraction of sp³-hybridized carbons (Fsp3) is 0.879. The molecule has 20 atom stereocenters. The second-order valence-corrected chi connectivity index (χ2v) is 14.6. The molecule has 61 heavy (non-hydrogen) atoms. The minimum Gasteiger partial charge on any atom is -0.477 e. The summed E-state index contributed by atoms with van der Waals surface area (Å²) in [7, 11) is 0. The number of hydrogen-bond acceptors (Lipinski definition) is 24. The van der Waals surface area contributed by atoms with Crippen LogP contribution in [0.25, 0.3) is 0 Å². The van der Waals surface area contributed by atoms with Gasteiger partial charge in [-0.05, 0) is 0 Å². The number of carboxylic acid groups (broad SMARTS) is 1. The Morgan fingerprint density at radius 3 is 1.80 bits per heavy atom. The third kappa shape index (κ3) is 12.4. The fourth-order valence-corrected chi connectivity index (χ4v) is 7.05. The summed E-state index contributed by atoms with van der Waals surface area (Å²) in [5, 5.41) is 163. The summed E-state index contributed by atoms with van der Waals surface area (Å²) >= 11 is 0. The van der Waals surface area contributed by atoms with Crippen molar-refractivity contribution in [2.24, 2.45) is 0 Å². The number of ether oxygens (including phenoxy) is 6. The first-order valence-electron chi connectivity index (χ1n) is 18.8. The van der Waals surface area contributed by atoms with Crippen LogP contribution in [0.2, 0.25) is 0 Å². The molecule has 3 amide bonds. The van der Waals surface area contributed by atoms with E-state index in [1.807, 2.05) is 0 Å². The average molecular weight is 896 g/mol. The zero-order chi connectivity index (χ0) is 46.1. The Bertz CT molecular complexity index is 1440. The van der Waals surface area contributed by atoms with Gasteiger partial charge in [0.1, 0.15) is 92.0 Å². The first-order valence-corrected chi connectivity index (χ1v) is 18.8. The van der Waals surface area contributed by atoms with Gasteiger partial charge >= 0.3 is 5.97 Å². The second kappa shape index (κ2) is 23.1. The zero-order valence-corrected chi connectivity index (χ0v) is 32.7. The summed E-state index contributed by atoms with van der Waals surface area (Å²) in [5.41, 5.74) is 0. The number of carbonyl (C=O) groups excluding carboxylic acids is 3. The Kier molecular flexibility index (Phi) is 19.9. The lowest BCUT2D eigenvalue weighted by Gasteiger charge is -2.51. The van der Waals surface area contributed by atoms with E-state index in [1.165, 1.54) is 0 Å². The van der Waals surface area contributed by atoms with Gasteiger partial charge in [0.05, 0.1) is 51.2 Å². The number of carboxylic acids is 1. The molecule has 3 aliphatic heterocycles. The molecule has 3 aliphatic rings. The molecule has 3 heterocycles. The third-order valence-corrected chi connectivity index (χ3v) is 10.1. The van der Waals surface area contributed by atoms with Crippen LogP contribution in [0.4, 0.5) is 0 Å². The minimum absolute atomic E-state index is 0.771. The quantitative estimate of drug-likeness (QED) is 0.0509. The Labute approximate surface area is 345 Å². The molecule has 0 unspecified atom stereocenters. The van der Waals surface area contributed by atoms with Gasteiger partial charge in [0, 0.05) is 20.3 Å². The zero-order valence-electron chi connectivity index (χ0n) is 32.7. The SMILES string of the molecule is CC(=O)N[C@H]1[C@H](O[C@@H]([C@@H](O)[C@H](O)CO)[C@H](CO)NC(C)=O)O[C@H](CO)[C@@H](O)[C@@H]1O[C@@H]1O[C@H](CO)[C@H](O)[C@H](O[C@]2(C(=O)O)C[C@H](O)[C@@H](NC(=O)CO)[C@H]([C@H](O)[C@H](O)CO)O2)[C@H]1O. The van der Waals surface area contributed by atoms with Crippen LogP contribution in [-0.2, 0) is 47.6 Å². The summed E-state index contributed by atoms with van der Waals surface area (Å²) < 4.78 is 34.1. The van der Waals surface area contributed by atoms with Crippen molar-refractivity contribution in [1.82, 2.24) is 16.0 Å². The standard InChI is InChI=1S/C33H57N3O25/c1-10(43)34-12(4-37)26(21(49)14(46)5-38)58-30-20(35-11(2)44)27(23(51)16(7-40)56-30)59-31-25(53)29(24(52)17(8-41)57-31)61-33(32(54)55)3-13(45)19(36-18(48)9-42)28(60-33)22(50)15(47)6-39/h12-17,19-31,37-42,45-47,49-53H,3-9H2,1-2H3,(H,34,43)(H,35,44)(H,36,48)(H,54,55)/t12-,13-,14+,15+,16+,17+,19+,20+,21-,22+,23+,24-,25+,26+,27+,28+,29-,30-,31-,33-/m0/s1. The number of nitrogens with one attached hydrogen (secondary N) is 3. The van der Waals surface area contributed by atoms with Crippen molar-refractivity contribution in [3.05, 3.63) is 0 Å². The smallest absolute Gasteiger partial charge is 0.364 e. The number of amides is 3. The molecule has 0 saturated carbocycles. The summed E-state index contributed by atoms with van der Waals surface area (Å²) in [6.07, 6.45) is -34.5. The van der Waals surface area contributed by atoms with Gasteiger partial charge in [-0.1, -0.05) is 0 Å². The molecule has 0 aliphatic carbocycles. The van der Waals surface area contributed by atoms with E-state index < -0.39 is 192 Å². The molecule has 3 rings (SSSR count).